The summed E-state index contributed by atoms with van der Waals surface area (Å²) in [5.41, 5.74) is -0.0426. The maximum Gasteiger partial charge on any atom is 0.404 e. The van der Waals surface area contributed by atoms with E-state index in [1.54, 1.807) is 0 Å². The van der Waals surface area contributed by atoms with E-state index >= 15 is 0 Å². The molecule has 4 fully saturated rings. The summed E-state index contributed by atoms with van der Waals surface area (Å²) in [4.78, 5) is 13.8. The lowest BCUT2D eigenvalue weighted by molar-refractivity contribution is -0.280. The van der Waals surface area contributed by atoms with Crippen molar-refractivity contribution < 1.29 is 38.1 Å². The molecule has 1 aliphatic carbocycles. The average molecular weight is 411 g/mol. The summed E-state index contributed by atoms with van der Waals surface area (Å²) in [5, 5.41) is 38.3. The van der Waals surface area contributed by atoms with E-state index in [1.807, 2.05) is 0 Å². The highest BCUT2D eigenvalue weighted by Crippen LogP contribution is 2.59. The van der Waals surface area contributed by atoms with Crippen molar-refractivity contribution in [3.8, 4) is 0 Å². The second kappa shape index (κ2) is 5.98. The van der Waals surface area contributed by atoms with E-state index in [4.69, 9.17) is 10.5 Å². The Morgan fingerprint density at radius 1 is 1.39 bits per heavy atom. The second-order valence-electron chi connectivity index (χ2n) is 8.14. The molecule has 0 aromatic rings. The number of hydroxylamine groups is 2. The van der Waals surface area contributed by atoms with Crippen LogP contribution in [0.1, 0.15) is 19.8 Å². The zero-order valence-electron chi connectivity index (χ0n) is 15.1. The molecular formula is C15H24F3N5O5. The third-order valence-corrected chi connectivity index (χ3v) is 6.71. The van der Waals surface area contributed by atoms with Crippen molar-refractivity contribution in [1.82, 2.24) is 20.6 Å². The predicted molar refractivity (Wildman–Crippen MR) is 85.1 cm³/mol. The Labute approximate surface area is 158 Å². The number of aliphatic hydroxyl groups is 2. The number of carbonyl (C=O) groups excluding carboxylic acids is 1. The Morgan fingerprint density at radius 3 is 2.57 bits per heavy atom. The summed E-state index contributed by atoms with van der Waals surface area (Å²) in [5.74, 6) is -1.44. The molecule has 3 heterocycles. The summed E-state index contributed by atoms with van der Waals surface area (Å²) in [6.07, 6.45) is -7.77. The van der Waals surface area contributed by atoms with Crippen molar-refractivity contribution in [3.05, 3.63) is 0 Å². The smallest absolute Gasteiger partial charge is 0.404 e. The molecule has 6 atom stereocenters. The molecule has 0 aromatic carbocycles. The minimum atomic E-state index is -4.74. The van der Waals surface area contributed by atoms with Crippen molar-refractivity contribution in [1.29, 1.82) is 0 Å². The van der Waals surface area contributed by atoms with Gasteiger partial charge in [0.05, 0.1) is 25.4 Å². The molecule has 3 saturated heterocycles. The Morgan fingerprint density at radius 2 is 2.04 bits per heavy atom. The summed E-state index contributed by atoms with van der Waals surface area (Å²) in [6, 6.07) is -1.40. The van der Waals surface area contributed by atoms with Gasteiger partial charge in [0.15, 0.2) is 11.1 Å². The molecule has 28 heavy (non-hydrogen) atoms. The number of hydrogen-bond donors (Lipinski definition) is 6. The second-order valence-corrected chi connectivity index (χ2v) is 8.14. The third-order valence-electron chi connectivity index (χ3n) is 6.71. The molecule has 0 radical (unpaired) electrons. The number of hydrogen-bond acceptors (Lipinski definition) is 10. The summed E-state index contributed by atoms with van der Waals surface area (Å²) in [7, 11) is 0. The summed E-state index contributed by atoms with van der Waals surface area (Å²) >= 11 is 0. The molecule has 6 unspecified atom stereocenters. The van der Waals surface area contributed by atoms with E-state index < -0.39 is 53.3 Å². The van der Waals surface area contributed by atoms with Crippen LogP contribution in [0.3, 0.4) is 0 Å². The van der Waals surface area contributed by atoms with Gasteiger partial charge in [-0.2, -0.15) is 18.2 Å². The van der Waals surface area contributed by atoms with Gasteiger partial charge < -0.3 is 25.9 Å². The minimum Gasteiger partial charge on any atom is -0.457 e. The highest BCUT2D eigenvalue weighted by atomic mass is 19.4. The molecule has 4 rings (SSSR count). The van der Waals surface area contributed by atoms with Crippen LogP contribution in [0, 0.1) is 5.41 Å². The Hall–Kier alpha value is -1.06. The lowest BCUT2D eigenvalue weighted by atomic mass is 9.79. The first kappa shape index (κ1) is 20.2. The highest BCUT2D eigenvalue weighted by Gasteiger charge is 2.76. The minimum absolute atomic E-state index is 0.0879. The van der Waals surface area contributed by atoms with Gasteiger partial charge in [0.2, 0.25) is 0 Å². The molecule has 10 nitrogen and oxygen atoms in total. The molecule has 4 aliphatic rings. The fourth-order valence-corrected chi connectivity index (χ4v) is 4.97. The van der Waals surface area contributed by atoms with Crippen LogP contribution in [0.4, 0.5) is 13.2 Å². The molecule has 1 saturated carbocycles. The average Bonchev–Trinajstić information content (AvgIpc) is 3.30. The van der Waals surface area contributed by atoms with Gasteiger partial charge in [-0.3, -0.25) is 15.4 Å². The van der Waals surface area contributed by atoms with E-state index in [2.05, 4.69) is 10.6 Å². The number of nitrogens with two attached hydrogens (primary N) is 1. The van der Waals surface area contributed by atoms with Crippen LogP contribution in [0.15, 0.2) is 0 Å². The van der Waals surface area contributed by atoms with E-state index in [1.165, 1.54) is 11.8 Å². The Kier molecular flexibility index (Phi) is 4.32. The third kappa shape index (κ3) is 2.29. The van der Waals surface area contributed by atoms with Gasteiger partial charge in [-0.05, 0) is 19.8 Å². The fourth-order valence-electron chi connectivity index (χ4n) is 4.97. The van der Waals surface area contributed by atoms with Crippen molar-refractivity contribution >= 4 is 5.97 Å². The van der Waals surface area contributed by atoms with Gasteiger partial charge in [-0.25, -0.2) is 4.90 Å². The number of nitrogens with one attached hydrogen (secondary N) is 2. The molecule has 3 aliphatic heterocycles. The molecule has 13 heteroatoms. The lowest BCUT2D eigenvalue weighted by Crippen LogP contribution is -2.82. The fraction of sp³-hybridized carbons (Fsp3) is 0.933. The van der Waals surface area contributed by atoms with Gasteiger partial charge >= 0.3 is 12.1 Å². The first-order chi connectivity index (χ1) is 12.9. The predicted octanol–water partition coefficient (Wildman–Crippen LogP) is -2.17. The molecule has 0 bridgehead atoms. The molecule has 1 spiro atoms. The zero-order valence-corrected chi connectivity index (χ0v) is 15.1. The summed E-state index contributed by atoms with van der Waals surface area (Å²) in [6.45, 7) is 0.629. The van der Waals surface area contributed by atoms with Crippen molar-refractivity contribution in [2.75, 3.05) is 19.8 Å². The van der Waals surface area contributed by atoms with Crippen molar-refractivity contribution in [2.24, 2.45) is 11.1 Å². The van der Waals surface area contributed by atoms with Crippen LogP contribution in [0.25, 0.3) is 0 Å². The zero-order chi connectivity index (χ0) is 20.7. The Bertz CT molecular complexity index is 675. The van der Waals surface area contributed by atoms with Crippen molar-refractivity contribution in [2.45, 2.75) is 61.7 Å². The van der Waals surface area contributed by atoms with Crippen LogP contribution in [0.2, 0.25) is 0 Å². The number of ether oxygens (including phenoxy) is 1. The monoisotopic (exact) mass is 411 g/mol. The van der Waals surface area contributed by atoms with Gasteiger partial charge in [0, 0.05) is 6.54 Å². The highest BCUT2D eigenvalue weighted by molar-refractivity contribution is 5.81. The van der Waals surface area contributed by atoms with Crippen LogP contribution in [0.5, 0.6) is 0 Å². The number of carbonyl (C=O) groups is 1. The number of rotatable bonds is 3. The largest absolute Gasteiger partial charge is 0.457 e. The maximum atomic E-state index is 13.3. The van der Waals surface area contributed by atoms with Gasteiger partial charge in [0.25, 0.3) is 0 Å². The Balaban J connectivity index is 1.67. The van der Waals surface area contributed by atoms with Crippen LogP contribution >= 0.6 is 0 Å². The van der Waals surface area contributed by atoms with Crippen molar-refractivity contribution in [3.63, 3.8) is 0 Å². The molecule has 7 N–H and O–H groups in total. The van der Waals surface area contributed by atoms with Crippen LogP contribution in [-0.2, 0) is 9.53 Å². The van der Waals surface area contributed by atoms with E-state index in [9.17, 15) is 33.4 Å². The lowest BCUT2D eigenvalue weighted by Gasteiger charge is -2.55. The number of esters is 1. The van der Waals surface area contributed by atoms with E-state index in [-0.39, 0.29) is 32.7 Å². The van der Waals surface area contributed by atoms with Gasteiger partial charge in [-0.1, -0.05) is 0 Å². The SMILES string of the molecule is CC1(O)C(OC(=O)C2(C(F)(F)F)CC2)CN2C(N)NC(CO)C3NCN(O)C321. The maximum absolute atomic E-state index is 13.3. The van der Waals surface area contributed by atoms with E-state index in [0.717, 1.165) is 5.06 Å². The van der Waals surface area contributed by atoms with Crippen LogP contribution < -0.4 is 16.4 Å². The summed E-state index contributed by atoms with van der Waals surface area (Å²) < 4.78 is 44.9. The first-order valence-electron chi connectivity index (χ1n) is 9.03. The number of halogens is 3. The number of alkyl halides is 3. The van der Waals surface area contributed by atoms with Gasteiger partial charge in [-0.15, -0.1) is 0 Å². The quantitative estimate of drug-likeness (QED) is 0.284. The van der Waals surface area contributed by atoms with Crippen LogP contribution in [-0.4, -0.2) is 93.1 Å². The van der Waals surface area contributed by atoms with E-state index in [0.29, 0.717) is 0 Å². The standard InChI is InChI=1S/C15H24F3N5O5/c1-12(26)8(28-10(25)13(2-3-13)15(16,17)18)4-22-11(19)21-7(5-24)9-14(12,22)23(27)6-20-9/h7-9,11,20-21,24,26-27H,2-6,19H2,1H3. The number of nitrogens with zero attached hydrogens (tertiary/aromatic N) is 2. The normalized spacial score (nSPS) is 45.6. The first-order valence-corrected chi connectivity index (χ1v) is 9.03. The molecular weight excluding hydrogens is 387 g/mol. The van der Waals surface area contributed by atoms with Gasteiger partial charge in [0.1, 0.15) is 18.0 Å². The molecule has 160 valence electrons. The topological polar surface area (TPSA) is 144 Å². The molecule has 0 amide bonds. The number of aliphatic hydroxyl groups excluding tert-OH is 1. The molecule has 0 aromatic heterocycles.